The lowest BCUT2D eigenvalue weighted by Gasteiger charge is -2.61. The summed E-state index contributed by atoms with van der Waals surface area (Å²) >= 11 is 0. The van der Waals surface area contributed by atoms with Gasteiger partial charge in [0.05, 0.1) is 0 Å². The molecule has 334 valence electrons. The van der Waals surface area contributed by atoms with E-state index in [1.807, 2.05) is 6.07 Å². The molecule has 0 heterocycles. The molecule has 0 N–H and O–H groups in total. The number of hydrogen-bond acceptors (Lipinski definition) is 1. The summed E-state index contributed by atoms with van der Waals surface area (Å²) in [7, 11) is 0. The van der Waals surface area contributed by atoms with E-state index in [0.29, 0.717) is 11.8 Å². The number of nitrogens with zero attached hydrogens (tertiary/aromatic N) is 1. The second-order valence-corrected chi connectivity index (χ2v) is 21.5. The molecule has 9 aromatic carbocycles. The number of fused-ring (bicyclic) bond motifs is 6. The molecule has 2 heteroatoms. The highest BCUT2D eigenvalue weighted by molar-refractivity contribution is 5.97. The van der Waals surface area contributed by atoms with Gasteiger partial charge in [0.25, 0.3) is 0 Å². The molecule has 4 fully saturated rings. The third-order valence-corrected chi connectivity index (χ3v) is 17.5. The summed E-state index contributed by atoms with van der Waals surface area (Å²) < 4.78 is 14.6. The normalized spacial score (nSPS) is 21.7. The Labute approximate surface area is 406 Å². The maximum absolute atomic E-state index is 14.6. The van der Waals surface area contributed by atoms with E-state index < -0.39 is 0 Å². The van der Waals surface area contributed by atoms with Crippen molar-refractivity contribution in [2.75, 3.05) is 4.90 Å². The van der Waals surface area contributed by atoms with Crippen molar-refractivity contribution in [1.82, 2.24) is 0 Å². The molecule has 4 saturated carbocycles. The van der Waals surface area contributed by atoms with Crippen LogP contribution in [0.4, 0.5) is 21.5 Å². The fraction of sp³-hybridized carbons (Fsp3) is 0.194. The summed E-state index contributed by atoms with van der Waals surface area (Å²) in [4.78, 5) is 2.37. The van der Waals surface area contributed by atoms with Crippen molar-refractivity contribution >= 4 is 17.1 Å². The first-order valence-corrected chi connectivity index (χ1v) is 25.3. The zero-order valence-corrected chi connectivity index (χ0v) is 39.3. The summed E-state index contributed by atoms with van der Waals surface area (Å²) in [5, 5.41) is 0. The second kappa shape index (κ2) is 15.4. The number of rotatable bonds is 7. The maximum atomic E-state index is 14.6. The highest BCUT2D eigenvalue weighted by atomic mass is 19.1. The van der Waals surface area contributed by atoms with Gasteiger partial charge in [0.1, 0.15) is 5.82 Å². The predicted molar refractivity (Wildman–Crippen MR) is 284 cm³/mol. The summed E-state index contributed by atoms with van der Waals surface area (Å²) in [5.41, 5.74) is 24.0. The molecule has 4 bridgehead atoms. The average molecular weight is 892 g/mol. The molecular formula is C67H54FN. The SMILES string of the molecule is CC1(C)c2ccccc2-c2cc(N(c3ccc(-c4ccc5c(c4)C4(c6cc(-c7ccccc7)cc(-c7ccccc7)c6-5)C5CC6CC(C5)CC4C6)cc3)c3cccc(-c4cccc(F)c4)c3)ccc21. The molecule has 0 aliphatic heterocycles. The zero-order valence-electron chi connectivity index (χ0n) is 39.3. The summed E-state index contributed by atoms with van der Waals surface area (Å²) in [6.07, 6.45) is 6.77. The van der Waals surface area contributed by atoms with Gasteiger partial charge in [-0.1, -0.05) is 153 Å². The molecule has 1 spiro atoms. The Hall–Kier alpha value is -7.29. The fourth-order valence-electron chi connectivity index (χ4n) is 14.7. The molecule has 6 aliphatic carbocycles. The van der Waals surface area contributed by atoms with E-state index in [-0.39, 0.29) is 16.6 Å². The number of anilines is 3. The Balaban J connectivity index is 0.914. The molecule has 6 aliphatic rings. The highest BCUT2D eigenvalue weighted by Crippen LogP contribution is 2.70. The smallest absolute Gasteiger partial charge is 0.123 e. The van der Waals surface area contributed by atoms with Gasteiger partial charge >= 0.3 is 0 Å². The molecular weight excluding hydrogens is 838 g/mol. The standard InChI is InChI=1S/C67H54FN/c1-66(2)61-22-10-9-21-57(61)60-41-56(28-30-62(60)66)69(55-20-12-18-48(37-55)47-17-11-19-53(68)36-47)54-26-23-45(24-27-54)49-25-29-58-63(39-49)67(51-32-42-31-43(34-51)35-52(67)33-42)64-40-50(44-13-5-3-6-14-44)38-59(65(58)64)46-15-7-4-8-16-46/h3-30,36-43,51-52H,31-35H2,1-2H3. The van der Waals surface area contributed by atoms with Crippen LogP contribution in [0.2, 0.25) is 0 Å². The molecule has 15 rings (SSSR count). The van der Waals surface area contributed by atoms with Crippen LogP contribution in [0.1, 0.15) is 68.2 Å². The summed E-state index contributed by atoms with van der Waals surface area (Å²) in [6.45, 7) is 4.67. The Bertz CT molecular complexity index is 3460. The Morgan fingerprint density at radius 2 is 0.928 bits per heavy atom. The van der Waals surface area contributed by atoms with Crippen LogP contribution < -0.4 is 4.90 Å². The van der Waals surface area contributed by atoms with E-state index in [1.54, 1.807) is 23.3 Å². The van der Waals surface area contributed by atoms with Crippen LogP contribution in [-0.2, 0) is 10.8 Å². The van der Waals surface area contributed by atoms with Gasteiger partial charge in [0, 0.05) is 27.9 Å². The van der Waals surface area contributed by atoms with Crippen LogP contribution >= 0.6 is 0 Å². The highest BCUT2D eigenvalue weighted by Gasteiger charge is 2.62. The van der Waals surface area contributed by atoms with Gasteiger partial charge in [-0.05, 0) is 212 Å². The molecule has 0 saturated heterocycles. The van der Waals surface area contributed by atoms with E-state index in [4.69, 9.17) is 0 Å². The Morgan fingerprint density at radius 3 is 1.67 bits per heavy atom. The van der Waals surface area contributed by atoms with Crippen LogP contribution in [0.5, 0.6) is 0 Å². The number of halogens is 1. The van der Waals surface area contributed by atoms with Gasteiger partial charge in [-0.3, -0.25) is 0 Å². The summed E-state index contributed by atoms with van der Waals surface area (Å²) in [6, 6.07) is 75.4. The minimum absolute atomic E-state index is 0.00735. The van der Waals surface area contributed by atoms with Gasteiger partial charge in [-0.15, -0.1) is 0 Å². The first-order chi connectivity index (χ1) is 33.8. The maximum Gasteiger partial charge on any atom is 0.123 e. The fourth-order valence-corrected chi connectivity index (χ4v) is 14.7. The second-order valence-electron chi connectivity index (χ2n) is 21.5. The third kappa shape index (κ3) is 6.20. The van der Waals surface area contributed by atoms with E-state index in [0.717, 1.165) is 40.0 Å². The van der Waals surface area contributed by atoms with Crippen LogP contribution in [-0.4, -0.2) is 0 Å². The van der Waals surface area contributed by atoms with E-state index >= 15 is 0 Å². The minimum Gasteiger partial charge on any atom is -0.310 e. The molecule has 9 aromatic rings. The van der Waals surface area contributed by atoms with E-state index in [9.17, 15) is 4.39 Å². The number of hydrogen-bond donors (Lipinski definition) is 0. The topological polar surface area (TPSA) is 3.24 Å². The monoisotopic (exact) mass is 891 g/mol. The molecule has 0 aromatic heterocycles. The van der Waals surface area contributed by atoms with Gasteiger partial charge in [0.15, 0.2) is 0 Å². The van der Waals surface area contributed by atoms with Crippen LogP contribution in [0.15, 0.2) is 206 Å². The van der Waals surface area contributed by atoms with E-state index in [1.165, 1.54) is 105 Å². The largest absolute Gasteiger partial charge is 0.310 e. The van der Waals surface area contributed by atoms with Crippen LogP contribution in [0, 0.1) is 29.5 Å². The van der Waals surface area contributed by atoms with Crippen molar-refractivity contribution in [2.45, 2.75) is 56.8 Å². The molecule has 0 unspecified atom stereocenters. The number of benzene rings is 9. The lowest BCUT2D eigenvalue weighted by Crippen LogP contribution is -2.55. The Morgan fingerprint density at radius 1 is 0.362 bits per heavy atom. The molecule has 0 atom stereocenters. The zero-order chi connectivity index (χ0) is 46.0. The first-order valence-electron chi connectivity index (χ1n) is 25.3. The van der Waals surface area contributed by atoms with E-state index in [2.05, 4.69) is 201 Å². The van der Waals surface area contributed by atoms with Crippen LogP contribution in [0.3, 0.4) is 0 Å². The van der Waals surface area contributed by atoms with Crippen molar-refractivity contribution in [3.63, 3.8) is 0 Å². The molecule has 0 amide bonds. The molecule has 69 heavy (non-hydrogen) atoms. The van der Waals surface area contributed by atoms with Crippen LogP contribution in [0.25, 0.3) is 66.8 Å². The predicted octanol–water partition coefficient (Wildman–Crippen LogP) is 18.0. The van der Waals surface area contributed by atoms with Crippen molar-refractivity contribution in [3.8, 4) is 66.8 Å². The van der Waals surface area contributed by atoms with Crippen molar-refractivity contribution in [3.05, 3.63) is 234 Å². The average Bonchev–Trinajstić information content (AvgIpc) is 3.80. The third-order valence-electron chi connectivity index (χ3n) is 17.5. The molecule has 0 radical (unpaired) electrons. The molecule has 1 nitrogen and oxygen atoms in total. The summed E-state index contributed by atoms with van der Waals surface area (Å²) in [5.74, 6) is 2.77. The minimum atomic E-state index is -0.233. The lowest BCUT2D eigenvalue weighted by molar-refractivity contribution is -0.0399. The van der Waals surface area contributed by atoms with Gasteiger partial charge in [0.2, 0.25) is 0 Å². The van der Waals surface area contributed by atoms with Gasteiger partial charge in [-0.25, -0.2) is 4.39 Å². The van der Waals surface area contributed by atoms with Crippen molar-refractivity contribution in [1.29, 1.82) is 0 Å². The quantitative estimate of drug-likeness (QED) is 0.154. The Kier molecular flexibility index (Phi) is 9.07. The van der Waals surface area contributed by atoms with Gasteiger partial charge < -0.3 is 4.90 Å². The van der Waals surface area contributed by atoms with Crippen molar-refractivity contribution < 1.29 is 4.39 Å². The first kappa shape index (κ1) is 40.7. The lowest BCUT2D eigenvalue weighted by atomic mass is 9.43. The van der Waals surface area contributed by atoms with Crippen molar-refractivity contribution in [2.24, 2.45) is 23.7 Å². The van der Waals surface area contributed by atoms with Gasteiger partial charge in [-0.2, -0.15) is 0 Å².